The molecule has 0 unspecified atom stereocenters. The first-order chi connectivity index (χ1) is 9.10. The quantitative estimate of drug-likeness (QED) is 0.505. The first-order valence-corrected chi connectivity index (χ1v) is 5.91. The summed E-state index contributed by atoms with van der Waals surface area (Å²) in [5, 5.41) is 4.68. The van der Waals surface area contributed by atoms with Gasteiger partial charge in [0.1, 0.15) is 5.75 Å². The normalized spacial score (nSPS) is 10.3. The zero-order valence-corrected chi connectivity index (χ0v) is 11.0. The average molecular weight is 281 g/mol. The van der Waals surface area contributed by atoms with E-state index >= 15 is 0 Å². The van der Waals surface area contributed by atoms with E-state index in [-0.39, 0.29) is 12.4 Å². The molecule has 0 saturated carbocycles. The van der Waals surface area contributed by atoms with E-state index in [9.17, 15) is 4.79 Å². The molecule has 3 N–H and O–H groups in total. The summed E-state index contributed by atoms with van der Waals surface area (Å²) in [6.45, 7) is 2.10. The van der Waals surface area contributed by atoms with Gasteiger partial charge < -0.3 is 4.74 Å². The number of amides is 1. The average Bonchev–Trinajstić information content (AvgIpc) is 2.85. The van der Waals surface area contributed by atoms with E-state index < -0.39 is 5.91 Å². The number of benzene rings is 1. The summed E-state index contributed by atoms with van der Waals surface area (Å²) in [5.74, 6) is 5.29. The fraction of sp³-hybridized carbons (Fsp3) is 0.167. The number of carbonyl (C=O) groups excluding carboxylic acids is 1. The number of ether oxygens (including phenoxy) is 1. The van der Waals surface area contributed by atoms with E-state index in [0.717, 1.165) is 5.56 Å². The second-order valence-corrected chi connectivity index (χ2v) is 4.33. The Morgan fingerprint density at radius 1 is 1.53 bits per heavy atom. The molecule has 1 heterocycles. The van der Waals surface area contributed by atoms with Crippen LogP contribution in [-0.2, 0) is 6.73 Å². The van der Waals surface area contributed by atoms with Gasteiger partial charge in [0.2, 0.25) is 0 Å². The monoisotopic (exact) mass is 280 g/mol. The fourth-order valence-corrected chi connectivity index (χ4v) is 1.77. The predicted octanol–water partition coefficient (Wildman–Crippen LogP) is 1.48. The Hall–Kier alpha value is -2.05. The third-order valence-electron chi connectivity index (χ3n) is 2.49. The third-order valence-corrected chi connectivity index (χ3v) is 2.73. The second-order valence-electron chi connectivity index (χ2n) is 3.90. The van der Waals surface area contributed by atoms with Crippen LogP contribution in [0.2, 0.25) is 5.02 Å². The van der Waals surface area contributed by atoms with Gasteiger partial charge in [0.05, 0.1) is 0 Å². The highest BCUT2D eigenvalue weighted by atomic mass is 35.5. The molecule has 6 nitrogen and oxygen atoms in total. The minimum atomic E-state index is -0.443. The maximum atomic E-state index is 11.2. The van der Waals surface area contributed by atoms with E-state index in [4.69, 9.17) is 22.2 Å². The molecule has 2 aromatic rings. The summed E-state index contributed by atoms with van der Waals surface area (Å²) in [6.07, 6.45) is 1.63. The first-order valence-electron chi connectivity index (χ1n) is 5.53. The molecule has 2 rings (SSSR count). The lowest BCUT2D eigenvalue weighted by Gasteiger charge is -2.09. The zero-order valence-electron chi connectivity index (χ0n) is 10.3. The Morgan fingerprint density at radius 2 is 2.32 bits per heavy atom. The number of nitrogens with one attached hydrogen (secondary N) is 1. The number of hydrazine groups is 1. The number of aryl methyl sites for hydroxylation is 1. The van der Waals surface area contributed by atoms with Gasteiger partial charge in [0, 0.05) is 11.2 Å². The summed E-state index contributed by atoms with van der Waals surface area (Å²) >= 11 is 5.86. The van der Waals surface area contributed by atoms with Crippen LogP contribution < -0.4 is 16.0 Å². The van der Waals surface area contributed by atoms with E-state index in [2.05, 4.69) is 5.10 Å². The summed E-state index contributed by atoms with van der Waals surface area (Å²) in [5.41, 5.74) is 3.18. The maximum absolute atomic E-state index is 11.2. The van der Waals surface area contributed by atoms with Crippen LogP contribution >= 0.6 is 11.6 Å². The number of nitrogens with zero attached hydrogens (tertiary/aromatic N) is 2. The molecule has 0 saturated heterocycles. The van der Waals surface area contributed by atoms with Gasteiger partial charge in [0.25, 0.3) is 5.91 Å². The Balaban J connectivity index is 2.02. The lowest BCUT2D eigenvalue weighted by molar-refractivity contribution is 0.0946. The minimum Gasteiger partial charge on any atom is -0.471 e. The number of hydrogen-bond acceptors (Lipinski definition) is 4. The molecule has 0 spiro atoms. The van der Waals surface area contributed by atoms with Crippen LogP contribution in [-0.4, -0.2) is 15.7 Å². The molecule has 0 aliphatic rings. The van der Waals surface area contributed by atoms with E-state index in [1.807, 2.05) is 18.4 Å². The van der Waals surface area contributed by atoms with Crippen molar-refractivity contribution in [1.29, 1.82) is 0 Å². The van der Waals surface area contributed by atoms with Gasteiger partial charge in [-0.1, -0.05) is 11.6 Å². The number of aromatic nitrogens is 2. The van der Waals surface area contributed by atoms with Crippen LogP contribution in [0.3, 0.4) is 0 Å². The highest BCUT2D eigenvalue weighted by Crippen LogP contribution is 2.21. The van der Waals surface area contributed by atoms with Crippen molar-refractivity contribution in [2.75, 3.05) is 0 Å². The fourth-order valence-electron chi connectivity index (χ4n) is 1.54. The van der Waals surface area contributed by atoms with Crippen molar-refractivity contribution in [1.82, 2.24) is 15.2 Å². The van der Waals surface area contributed by atoms with Gasteiger partial charge in [-0.2, -0.15) is 5.10 Å². The number of nitrogen functional groups attached to an aromatic ring is 1. The topological polar surface area (TPSA) is 82.2 Å². The van der Waals surface area contributed by atoms with Crippen molar-refractivity contribution >= 4 is 17.5 Å². The highest BCUT2D eigenvalue weighted by molar-refractivity contribution is 6.30. The van der Waals surface area contributed by atoms with Gasteiger partial charge in [-0.15, -0.1) is 0 Å². The van der Waals surface area contributed by atoms with E-state index in [1.165, 1.54) is 4.68 Å². The summed E-state index contributed by atoms with van der Waals surface area (Å²) in [6, 6.07) is 6.91. The number of hydrogen-bond donors (Lipinski definition) is 2. The highest BCUT2D eigenvalue weighted by Gasteiger charge is 2.07. The number of carbonyl (C=O) groups is 1. The Kier molecular flexibility index (Phi) is 4.03. The molecule has 7 heteroatoms. The van der Waals surface area contributed by atoms with Crippen LogP contribution in [0.15, 0.2) is 30.5 Å². The van der Waals surface area contributed by atoms with Gasteiger partial charge in [-0.3, -0.25) is 10.2 Å². The van der Waals surface area contributed by atoms with Crippen LogP contribution in [0.4, 0.5) is 0 Å². The summed E-state index contributed by atoms with van der Waals surface area (Å²) < 4.78 is 7.08. The lowest BCUT2D eigenvalue weighted by atomic mass is 10.2. The van der Waals surface area contributed by atoms with Crippen molar-refractivity contribution in [3.63, 3.8) is 0 Å². The van der Waals surface area contributed by atoms with Crippen molar-refractivity contribution in [2.24, 2.45) is 5.84 Å². The molecule has 0 aliphatic carbocycles. The summed E-state index contributed by atoms with van der Waals surface area (Å²) in [7, 11) is 0. The smallest absolute Gasteiger partial charge is 0.285 e. The van der Waals surface area contributed by atoms with Crippen LogP contribution in [0.25, 0.3) is 0 Å². The zero-order chi connectivity index (χ0) is 13.8. The molecule has 0 radical (unpaired) electrons. The van der Waals surface area contributed by atoms with Gasteiger partial charge in [-0.25, -0.2) is 10.5 Å². The molecule has 0 fully saturated rings. The molecule has 0 aliphatic heterocycles. The van der Waals surface area contributed by atoms with Crippen LogP contribution in [0, 0.1) is 6.92 Å². The van der Waals surface area contributed by atoms with Crippen LogP contribution in [0.1, 0.15) is 16.1 Å². The minimum absolute atomic E-state index is 0.195. The molecule has 19 heavy (non-hydrogen) atoms. The first kappa shape index (κ1) is 13.4. The number of nitrogens with two attached hydrogens (primary N) is 1. The van der Waals surface area contributed by atoms with Gasteiger partial charge in [0.15, 0.2) is 12.4 Å². The standard InChI is InChI=1S/C12H13ClN4O2/c1-8-6-9(13)2-3-11(8)19-7-17-5-4-10(16-17)12(18)15-14/h2-6H,7,14H2,1H3,(H,15,18). The Bertz CT molecular complexity index is 597. The van der Waals surface area contributed by atoms with Crippen molar-refractivity contribution < 1.29 is 9.53 Å². The molecular weight excluding hydrogens is 268 g/mol. The molecule has 1 aromatic carbocycles. The largest absolute Gasteiger partial charge is 0.471 e. The number of halogens is 1. The maximum Gasteiger partial charge on any atom is 0.285 e. The van der Waals surface area contributed by atoms with Crippen molar-refractivity contribution in [2.45, 2.75) is 13.7 Å². The van der Waals surface area contributed by atoms with Gasteiger partial charge in [-0.05, 0) is 36.8 Å². The molecule has 0 atom stereocenters. The Morgan fingerprint density at radius 3 is 3.00 bits per heavy atom. The van der Waals surface area contributed by atoms with Crippen LogP contribution in [0.5, 0.6) is 5.75 Å². The number of rotatable bonds is 4. The van der Waals surface area contributed by atoms with Gasteiger partial charge >= 0.3 is 0 Å². The van der Waals surface area contributed by atoms with E-state index in [0.29, 0.717) is 10.8 Å². The lowest BCUT2D eigenvalue weighted by Crippen LogP contribution is -2.30. The Labute approximate surface area is 115 Å². The summed E-state index contributed by atoms with van der Waals surface area (Å²) in [4.78, 5) is 11.2. The second kappa shape index (κ2) is 5.73. The molecule has 0 bridgehead atoms. The predicted molar refractivity (Wildman–Crippen MR) is 70.7 cm³/mol. The van der Waals surface area contributed by atoms with Crippen molar-refractivity contribution in [3.8, 4) is 5.75 Å². The van der Waals surface area contributed by atoms with E-state index in [1.54, 1.807) is 24.4 Å². The molecule has 1 aromatic heterocycles. The third kappa shape index (κ3) is 3.24. The molecular formula is C12H13ClN4O2. The SMILES string of the molecule is Cc1cc(Cl)ccc1OCn1ccc(C(=O)NN)n1. The molecule has 100 valence electrons. The van der Waals surface area contributed by atoms with Crippen molar-refractivity contribution in [3.05, 3.63) is 46.7 Å². The molecule has 1 amide bonds.